The van der Waals surface area contributed by atoms with Crippen molar-refractivity contribution in [3.63, 3.8) is 0 Å². The Bertz CT molecular complexity index is 2370. The number of benzene rings is 4. The zero-order valence-electron chi connectivity index (χ0n) is 29.5. The van der Waals surface area contributed by atoms with Gasteiger partial charge in [0.15, 0.2) is 0 Å². The van der Waals surface area contributed by atoms with Crippen LogP contribution in [0.2, 0.25) is 13.1 Å². The van der Waals surface area contributed by atoms with Gasteiger partial charge in [-0.2, -0.15) is 0 Å². The molecule has 2 aromatic heterocycles. The van der Waals surface area contributed by atoms with Gasteiger partial charge in [0, 0.05) is 0 Å². The van der Waals surface area contributed by atoms with Crippen molar-refractivity contribution in [1.29, 1.82) is 0 Å². The molecule has 2 unspecified atom stereocenters. The molecule has 2 nitrogen and oxygen atoms in total. The molecule has 0 fully saturated rings. The zero-order valence-corrected chi connectivity index (χ0v) is 33.1. The van der Waals surface area contributed by atoms with Crippen LogP contribution in [0.5, 0.6) is 0 Å². The van der Waals surface area contributed by atoms with Gasteiger partial charge in [-0.05, 0) is 0 Å². The normalized spacial score (nSPS) is 19.2. The first kappa shape index (κ1) is 32.0. The fourth-order valence-electron chi connectivity index (χ4n) is 9.32. The number of aryl methyl sites for hydroxylation is 4. The van der Waals surface area contributed by atoms with Crippen LogP contribution in [-0.4, -0.2) is 8.80 Å². The third-order valence-corrected chi connectivity index (χ3v) is 15.0. The van der Waals surface area contributed by atoms with Crippen LogP contribution in [0.4, 0.5) is 0 Å². The van der Waals surface area contributed by atoms with E-state index >= 15 is 0 Å². The minimum absolute atomic E-state index is 0.0526. The maximum atomic E-state index is 6.76. The summed E-state index contributed by atoms with van der Waals surface area (Å²) in [4.78, 5) is 0. The van der Waals surface area contributed by atoms with Gasteiger partial charge in [0.2, 0.25) is 0 Å². The van der Waals surface area contributed by atoms with Crippen molar-refractivity contribution in [3.05, 3.63) is 165 Å². The molecule has 6 aromatic rings. The monoisotopic (exact) mass is 743 g/mol. The predicted octanol–water partition coefficient (Wildman–Crippen LogP) is 11.7. The third-order valence-electron chi connectivity index (χ3n) is 11.3. The molecule has 0 N–H and O–H groups in total. The molecule has 3 aliphatic rings. The topological polar surface area (TPSA) is 26.3 Å². The van der Waals surface area contributed by atoms with Gasteiger partial charge in [0.25, 0.3) is 0 Å². The van der Waals surface area contributed by atoms with Crippen molar-refractivity contribution in [3.8, 4) is 22.3 Å². The Labute approximate surface area is 312 Å². The van der Waals surface area contributed by atoms with Crippen LogP contribution in [0.25, 0.3) is 44.7 Å². The third kappa shape index (κ3) is 4.75. The summed E-state index contributed by atoms with van der Waals surface area (Å²) < 4.78 is 13.0. The van der Waals surface area contributed by atoms with Gasteiger partial charge >= 0.3 is 314 Å². The molecule has 4 heteroatoms. The first-order valence-corrected chi connectivity index (χ1v) is 22.2. The van der Waals surface area contributed by atoms with Crippen LogP contribution in [-0.2, 0) is 40.7 Å². The molecule has 50 heavy (non-hydrogen) atoms. The average Bonchev–Trinajstić information content (AvgIpc) is 3.95. The molecule has 2 atom stereocenters. The molecule has 0 bridgehead atoms. The Hall–Kier alpha value is -3.98. The number of fused-ring (bicyclic) bond motifs is 3. The van der Waals surface area contributed by atoms with Crippen LogP contribution in [0.1, 0.15) is 74.3 Å². The Balaban J connectivity index is 1.43. The predicted molar refractivity (Wildman–Crippen MR) is 205 cm³/mol. The van der Waals surface area contributed by atoms with E-state index in [1.54, 1.807) is 10.8 Å². The van der Waals surface area contributed by atoms with Crippen LogP contribution in [0.15, 0.2) is 112 Å². The van der Waals surface area contributed by atoms with Gasteiger partial charge in [-0.25, -0.2) is 0 Å². The van der Waals surface area contributed by atoms with E-state index in [2.05, 4.69) is 143 Å². The molecule has 4 aromatic carbocycles. The second-order valence-electron chi connectivity index (χ2n) is 14.8. The number of hydrogen-bond donors (Lipinski definition) is 0. The fourth-order valence-corrected chi connectivity index (χ4v) is 13.4. The maximum absolute atomic E-state index is 6.76. The summed E-state index contributed by atoms with van der Waals surface area (Å²) in [6.45, 7) is 11.4. The van der Waals surface area contributed by atoms with Gasteiger partial charge in [0.1, 0.15) is 0 Å². The Morgan fingerprint density at radius 1 is 0.700 bits per heavy atom. The van der Waals surface area contributed by atoms with Gasteiger partial charge in [0.05, 0.1) is 0 Å². The van der Waals surface area contributed by atoms with Crippen LogP contribution in [0.3, 0.4) is 0 Å². The summed E-state index contributed by atoms with van der Waals surface area (Å²) >= 11 is 1.47. The van der Waals surface area contributed by atoms with E-state index in [1.807, 2.05) is 0 Å². The molecule has 245 valence electrons. The summed E-state index contributed by atoms with van der Waals surface area (Å²) in [6, 6.07) is 38.3. The second kappa shape index (κ2) is 12.1. The van der Waals surface area contributed by atoms with Gasteiger partial charge < -0.3 is 0 Å². The Kier molecular flexibility index (Phi) is 7.72. The molecule has 0 amide bonds. The van der Waals surface area contributed by atoms with Crippen LogP contribution in [0, 0.1) is 20.8 Å². The summed E-state index contributed by atoms with van der Waals surface area (Å²) in [7, 11) is -1.43. The SMILES string of the molecule is Cc1ccc(C2=Cc3c(ccc(C)c3-c3ccccc3)C2[C]2([Zr])C(c3ccc(C)o3)=C([SiH](C)C)c3c2cc2c(c3-c3ccccc3)CCC2)o1. The molecule has 3 aliphatic carbocycles. The van der Waals surface area contributed by atoms with Crippen molar-refractivity contribution in [1.82, 2.24) is 0 Å². The molecular weight excluding hydrogens is 704 g/mol. The fraction of sp³-hybridized carbons (Fsp3) is 0.217. The molecule has 2 heterocycles. The van der Waals surface area contributed by atoms with E-state index < -0.39 is 8.80 Å². The minimum atomic E-state index is -1.43. The van der Waals surface area contributed by atoms with Gasteiger partial charge in [-0.3, -0.25) is 0 Å². The Morgan fingerprint density at radius 2 is 1.34 bits per heavy atom. The van der Waals surface area contributed by atoms with E-state index in [4.69, 9.17) is 8.83 Å². The standard InChI is InChI=1S/C46H41O2Si.Zr/c1-27-19-22-34-35(40(27)30-13-8-6-9-14-30)26-36(38-23-20-28(2)47-38)42(34)43-37-25-32-17-12-18-33(32)41(31-15-10-7-11-16-31)44(37)46(49(4)5)45(43)39-24-21-29(3)48-39;/h6-11,13-16,19-26,42,49H,12,17-18H2,1-5H3;. The molecule has 0 aliphatic heterocycles. The molecule has 9 rings (SSSR count). The van der Waals surface area contributed by atoms with E-state index in [1.165, 1.54) is 97.9 Å². The van der Waals surface area contributed by atoms with Crippen molar-refractivity contribution in [2.45, 2.75) is 62.2 Å². The van der Waals surface area contributed by atoms with E-state index in [0.717, 1.165) is 35.9 Å². The average molecular weight is 745 g/mol. The molecule has 0 radical (unpaired) electrons. The Morgan fingerprint density at radius 3 is 1.96 bits per heavy atom. The number of rotatable bonds is 6. The first-order chi connectivity index (χ1) is 24.3. The van der Waals surface area contributed by atoms with Crippen LogP contribution < -0.4 is 0 Å². The van der Waals surface area contributed by atoms with E-state index in [-0.39, 0.29) is 9.04 Å². The summed E-state index contributed by atoms with van der Waals surface area (Å²) in [5.74, 6) is 3.96. The molecule has 0 saturated carbocycles. The van der Waals surface area contributed by atoms with Crippen molar-refractivity contribution >= 4 is 31.2 Å². The number of allylic oxidation sites excluding steroid dienone is 2. The van der Waals surface area contributed by atoms with Gasteiger partial charge in [-0.15, -0.1) is 0 Å². The molecule has 0 spiro atoms. The molecule has 0 saturated heterocycles. The number of furan rings is 2. The van der Waals surface area contributed by atoms with Gasteiger partial charge in [-0.1, -0.05) is 0 Å². The zero-order chi connectivity index (χ0) is 34.3. The van der Waals surface area contributed by atoms with Crippen molar-refractivity contribution in [2.75, 3.05) is 0 Å². The number of hydrogen-bond acceptors (Lipinski definition) is 2. The molecular formula is C46H41O2SiZr. The quantitative estimate of drug-likeness (QED) is 0.159. The summed E-state index contributed by atoms with van der Waals surface area (Å²) in [5, 5.41) is 1.57. The van der Waals surface area contributed by atoms with Crippen molar-refractivity contribution < 1.29 is 33.6 Å². The second-order valence-corrected chi connectivity index (χ2v) is 19.6. The summed E-state index contributed by atoms with van der Waals surface area (Å²) in [6.07, 6.45) is 5.96. The van der Waals surface area contributed by atoms with E-state index in [0.29, 0.717) is 0 Å². The van der Waals surface area contributed by atoms with Crippen LogP contribution >= 0.6 is 0 Å². The van der Waals surface area contributed by atoms with E-state index in [9.17, 15) is 0 Å². The van der Waals surface area contributed by atoms with Crippen molar-refractivity contribution in [2.24, 2.45) is 0 Å². The summed E-state index contributed by atoms with van der Waals surface area (Å²) in [5.41, 5.74) is 18.2. The first-order valence-electron chi connectivity index (χ1n) is 18.0.